The van der Waals surface area contributed by atoms with Crippen LogP contribution in [0.25, 0.3) is 12.2 Å². The highest BCUT2D eigenvalue weighted by atomic mass is 35.5. The van der Waals surface area contributed by atoms with Crippen LogP contribution in [-0.2, 0) is 0 Å². The Labute approximate surface area is 134 Å². The third-order valence-electron chi connectivity index (χ3n) is 3.36. The summed E-state index contributed by atoms with van der Waals surface area (Å²) in [6.45, 7) is 3.02. The zero-order valence-electron chi connectivity index (χ0n) is 11.9. The van der Waals surface area contributed by atoms with Crippen LogP contribution < -0.4 is 5.32 Å². The van der Waals surface area contributed by atoms with Crippen molar-refractivity contribution in [3.8, 4) is 0 Å². The van der Waals surface area contributed by atoms with Gasteiger partial charge in [0.15, 0.2) is 5.82 Å². The lowest BCUT2D eigenvalue weighted by atomic mass is 10.1. The molecule has 1 saturated heterocycles. The van der Waals surface area contributed by atoms with E-state index in [1.165, 1.54) is 19.3 Å². The fourth-order valence-electron chi connectivity index (χ4n) is 2.32. The molecule has 1 N–H and O–H groups in total. The van der Waals surface area contributed by atoms with Gasteiger partial charge >= 0.3 is 0 Å². The number of hydrogen-bond donors (Lipinski definition) is 1. The second-order valence-corrected chi connectivity index (χ2v) is 6.03. The fraction of sp³-hybridized carbons (Fsp3) is 0.500. The number of rotatable bonds is 3. The van der Waals surface area contributed by atoms with Crippen LogP contribution in [0.15, 0.2) is 9.90 Å². The minimum atomic E-state index is 0. The minimum absolute atomic E-state index is 0. The van der Waals surface area contributed by atoms with Gasteiger partial charge in [-0.25, -0.2) is 4.98 Å². The van der Waals surface area contributed by atoms with Crippen LogP contribution in [0, 0.1) is 6.92 Å². The molecule has 0 amide bonds. The average Bonchev–Trinajstić information content (AvgIpc) is 2.99. The molecule has 3 heterocycles. The maximum Gasteiger partial charge on any atom is 0.250 e. The smallest absolute Gasteiger partial charge is 0.250 e. The molecule has 2 aromatic heterocycles. The van der Waals surface area contributed by atoms with E-state index in [0.29, 0.717) is 5.89 Å². The van der Waals surface area contributed by atoms with E-state index < -0.39 is 0 Å². The minimum Gasteiger partial charge on any atom is -0.335 e. The summed E-state index contributed by atoms with van der Waals surface area (Å²) in [5.41, 5.74) is 0.930. The van der Waals surface area contributed by atoms with E-state index in [1.54, 1.807) is 11.3 Å². The number of aryl methyl sites for hydroxylation is 1. The van der Waals surface area contributed by atoms with Crippen molar-refractivity contribution in [1.82, 2.24) is 20.4 Å². The van der Waals surface area contributed by atoms with Gasteiger partial charge in [-0.1, -0.05) is 18.0 Å². The molecule has 21 heavy (non-hydrogen) atoms. The van der Waals surface area contributed by atoms with Gasteiger partial charge in [0, 0.05) is 11.5 Å². The Morgan fingerprint density at radius 2 is 2.19 bits per heavy atom. The molecule has 1 fully saturated rings. The van der Waals surface area contributed by atoms with Crippen LogP contribution in [0.4, 0.5) is 0 Å². The average molecular weight is 327 g/mol. The summed E-state index contributed by atoms with van der Waals surface area (Å²) >= 11 is 1.63. The zero-order chi connectivity index (χ0) is 13.8. The number of aromatic nitrogens is 3. The van der Waals surface area contributed by atoms with E-state index in [1.807, 2.05) is 24.5 Å². The van der Waals surface area contributed by atoms with Crippen molar-refractivity contribution in [2.45, 2.75) is 38.6 Å². The van der Waals surface area contributed by atoms with Gasteiger partial charge in [0.2, 0.25) is 0 Å². The van der Waals surface area contributed by atoms with Gasteiger partial charge in [0.25, 0.3) is 5.89 Å². The van der Waals surface area contributed by atoms with Crippen LogP contribution in [0.3, 0.4) is 0 Å². The number of hydrogen-bond acceptors (Lipinski definition) is 6. The molecule has 0 aliphatic carbocycles. The molecule has 5 nitrogen and oxygen atoms in total. The van der Waals surface area contributed by atoms with Crippen LogP contribution in [-0.4, -0.2) is 21.7 Å². The second kappa shape index (κ2) is 7.68. The third-order valence-corrected chi connectivity index (χ3v) is 4.15. The summed E-state index contributed by atoms with van der Waals surface area (Å²) in [6, 6.07) is 0.227. The molecule has 0 spiro atoms. The molecule has 114 valence electrons. The lowest BCUT2D eigenvalue weighted by Gasteiger charge is -2.09. The Hall–Kier alpha value is -1.24. The largest absolute Gasteiger partial charge is 0.335 e. The quantitative estimate of drug-likeness (QED) is 0.933. The number of thiazole rings is 1. The van der Waals surface area contributed by atoms with Crippen molar-refractivity contribution in [2.75, 3.05) is 6.54 Å². The van der Waals surface area contributed by atoms with E-state index in [-0.39, 0.29) is 18.4 Å². The first-order valence-corrected chi connectivity index (χ1v) is 7.86. The Balaban J connectivity index is 0.00000161. The molecular weight excluding hydrogens is 308 g/mol. The van der Waals surface area contributed by atoms with Crippen LogP contribution in [0.1, 0.15) is 54.1 Å². The third kappa shape index (κ3) is 4.36. The monoisotopic (exact) mass is 326 g/mol. The van der Waals surface area contributed by atoms with Gasteiger partial charge < -0.3 is 9.84 Å². The Kier molecular flexibility index (Phi) is 5.90. The molecule has 3 rings (SSSR count). The number of nitrogens with one attached hydrogen (secondary N) is 1. The molecule has 7 heteroatoms. The van der Waals surface area contributed by atoms with Crippen molar-refractivity contribution >= 4 is 35.9 Å². The van der Waals surface area contributed by atoms with Crippen molar-refractivity contribution in [3.63, 3.8) is 0 Å². The van der Waals surface area contributed by atoms with Crippen molar-refractivity contribution in [2.24, 2.45) is 0 Å². The van der Waals surface area contributed by atoms with Gasteiger partial charge in [-0.15, -0.1) is 23.7 Å². The van der Waals surface area contributed by atoms with Crippen LogP contribution >= 0.6 is 23.7 Å². The standard InChI is InChI=1S/C14H18N4OS.ClH/c1-10-16-11(9-20-10)6-7-13-17-14(18-19-13)12-5-3-2-4-8-15-12;/h6-7,9,12,15H,2-5,8H2,1H3;1H/b7-6+;. The van der Waals surface area contributed by atoms with E-state index in [4.69, 9.17) is 4.52 Å². The van der Waals surface area contributed by atoms with E-state index in [0.717, 1.165) is 29.5 Å². The summed E-state index contributed by atoms with van der Waals surface area (Å²) in [5.74, 6) is 1.30. The Bertz CT molecular complexity index is 587. The van der Waals surface area contributed by atoms with E-state index in [9.17, 15) is 0 Å². The first-order chi connectivity index (χ1) is 9.81. The number of nitrogens with zero attached hydrogens (tertiary/aromatic N) is 3. The topological polar surface area (TPSA) is 63.8 Å². The molecule has 1 unspecified atom stereocenters. The molecule has 1 atom stereocenters. The second-order valence-electron chi connectivity index (χ2n) is 4.97. The Morgan fingerprint density at radius 1 is 1.29 bits per heavy atom. The first-order valence-electron chi connectivity index (χ1n) is 6.98. The van der Waals surface area contributed by atoms with Crippen LogP contribution in [0.2, 0.25) is 0 Å². The summed E-state index contributed by atoms with van der Waals surface area (Å²) in [7, 11) is 0. The highest BCUT2D eigenvalue weighted by molar-refractivity contribution is 7.09. The SMILES string of the molecule is Cc1nc(/C=C/c2nc(C3CCCCCN3)no2)cs1.Cl. The highest BCUT2D eigenvalue weighted by Crippen LogP contribution is 2.20. The maximum atomic E-state index is 5.27. The number of halogens is 1. The summed E-state index contributed by atoms with van der Waals surface area (Å²) in [4.78, 5) is 8.81. The molecule has 1 aliphatic rings. The lowest BCUT2D eigenvalue weighted by Crippen LogP contribution is -2.21. The van der Waals surface area contributed by atoms with Gasteiger partial charge in [0.1, 0.15) is 0 Å². The van der Waals surface area contributed by atoms with Gasteiger partial charge in [-0.05, 0) is 32.4 Å². The normalized spacial score (nSPS) is 19.4. The molecule has 0 saturated carbocycles. The predicted molar refractivity (Wildman–Crippen MR) is 86.5 cm³/mol. The first kappa shape index (κ1) is 16.1. The van der Waals surface area contributed by atoms with Crippen molar-refractivity contribution < 1.29 is 4.52 Å². The molecule has 2 aromatic rings. The van der Waals surface area contributed by atoms with Gasteiger partial charge in [-0.2, -0.15) is 4.98 Å². The molecule has 0 bridgehead atoms. The summed E-state index contributed by atoms with van der Waals surface area (Å²) < 4.78 is 5.27. The van der Waals surface area contributed by atoms with Crippen LogP contribution in [0.5, 0.6) is 0 Å². The lowest BCUT2D eigenvalue weighted by molar-refractivity contribution is 0.388. The van der Waals surface area contributed by atoms with Crippen molar-refractivity contribution in [1.29, 1.82) is 0 Å². The summed E-state index contributed by atoms with van der Waals surface area (Å²) in [5, 5.41) is 10.6. The molecule has 0 radical (unpaired) electrons. The summed E-state index contributed by atoms with van der Waals surface area (Å²) in [6.07, 6.45) is 8.52. The molecular formula is C14H19ClN4OS. The fourth-order valence-corrected chi connectivity index (χ4v) is 2.90. The van der Waals surface area contributed by atoms with Gasteiger partial charge in [-0.3, -0.25) is 0 Å². The van der Waals surface area contributed by atoms with E-state index >= 15 is 0 Å². The highest BCUT2D eigenvalue weighted by Gasteiger charge is 2.18. The molecule has 1 aliphatic heterocycles. The predicted octanol–water partition coefficient (Wildman–Crippen LogP) is 3.63. The maximum absolute atomic E-state index is 5.27. The Morgan fingerprint density at radius 3 is 3.00 bits per heavy atom. The van der Waals surface area contributed by atoms with E-state index in [2.05, 4.69) is 20.4 Å². The van der Waals surface area contributed by atoms with Crippen molar-refractivity contribution in [3.05, 3.63) is 27.8 Å². The molecule has 0 aromatic carbocycles. The zero-order valence-corrected chi connectivity index (χ0v) is 13.5. The van der Waals surface area contributed by atoms with Gasteiger partial charge in [0.05, 0.1) is 16.7 Å².